The van der Waals surface area contributed by atoms with Crippen LogP contribution in [0.1, 0.15) is 16.1 Å². The Bertz CT molecular complexity index is 652. The van der Waals surface area contributed by atoms with Crippen LogP contribution in [0.5, 0.6) is 11.6 Å². The lowest BCUT2D eigenvalue weighted by Crippen LogP contribution is -2.07. The van der Waals surface area contributed by atoms with Crippen LogP contribution in [0, 0.1) is 12.7 Å². The second kappa shape index (κ2) is 4.60. The first-order valence-corrected chi connectivity index (χ1v) is 5.40. The van der Waals surface area contributed by atoms with Gasteiger partial charge in [0.25, 0.3) is 0 Å². The molecule has 100 valence electrons. The molecule has 0 radical (unpaired) electrons. The third-order valence-electron chi connectivity index (χ3n) is 2.54. The number of carboxylic acids is 1. The topological polar surface area (TPSA) is 90.4 Å². The number of aromatic nitrogens is 2. The van der Waals surface area contributed by atoms with Gasteiger partial charge < -0.3 is 15.6 Å². The Balaban J connectivity index is 2.49. The molecule has 2 aromatic rings. The van der Waals surface area contributed by atoms with Gasteiger partial charge in [0.15, 0.2) is 0 Å². The third-order valence-corrected chi connectivity index (χ3v) is 2.54. The van der Waals surface area contributed by atoms with Gasteiger partial charge in [-0.15, -0.1) is 0 Å². The van der Waals surface area contributed by atoms with Gasteiger partial charge in [0.1, 0.15) is 17.1 Å². The van der Waals surface area contributed by atoms with Crippen LogP contribution in [0.3, 0.4) is 0 Å². The molecule has 1 aromatic carbocycles. The molecule has 0 aliphatic heterocycles. The average Bonchev–Trinajstić information content (AvgIpc) is 2.62. The molecular weight excluding hydrogens is 253 g/mol. The molecule has 1 aromatic heterocycles. The molecular formula is C12H12FN3O3. The number of nitrogen functional groups attached to an aromatic ring is 1. The van der Waals surface area contributed by atoms with Crippen molar-refractivity contribution < 1.29 is 19.0 Å². The Morgan fingerprint density at radius 1 is 1.53 bits per heavy atom. The maximum atomic E-state index is 13.3. The molecule has 0 atom stereocenters. The highest BCUT2D eigenvalue weighted by molar-refractivity contribution is 5.97. The number of carbonyl (C=O) groups is 1. The van der Waals surface area contributed by atoms with Crippen molar-refractivity contribution in [3.63, 3.8) is 0 Å². The molecule has 0 amide bonds. The van der Waals surface area contributed by atoms with Crippen LogP contribution >= 0.6 is 0 Å². The van der Waals surface area contributed by atoms with Crippen LogP contribution < -0.4 is 10.5 Å². The zero-order valence-electron chi connectivity index (χ0n) is 10.3. The molecule has 0 unspecified atom stereocenters. The lowest BCUT2D eigenvalue weighted by molar-refractivity contribution is 0.0694. The number of anilines is 1. The van der Waals surface area contributed by atoms with Gasteiger partial charge in [-0.1, -0.05) is 0 Å². The predicted octanol–water partition coefficient (Wildman–Crippen LogP) is 1.94. The van der Waals surface area contributed by atoms with Crippen molar-refractivity contribution in [2.75, 3.05) is 5.73 Å². The Hall–Kier alpha value is -2.57. The van der Waals surface area contributed by atoms with Crippen LogP contribution in [0.25, 0.3) is 0 Å². The number of ether oxygens (including phenoxy) is 1. The zero-order valence-corrected chi connectivity index (χ0v) is 10.3. The second-order valence-corrected chi connectivity index (χ2v) is 3.99. The van der Waals surface area contributed by atoms with Gasteiger partial charge in [-0.2, -0.15) is 5.10 Å². The molecule has 3 N–H and O–H groups in total. The minimum absolute atomic E-state index is 0.0330. The summed E-state index contributed by atoms with van der Waals surface area (Å²) in [6.07, 6.45) is 0. The summed E-state index contributed by atoms with van der Waals surface area (Å²) in [6.45, 7) is 1.77. The van der Waals surface area contributed by atoms with Gasteiger partial charge in [-0.05, 0) is 19.1 Å². The highest BCUT2D eigenvalue weighted by atomic mass is 19.1. The van der Waals surface area contributed by atoms with E-state index in [4.69, 9.17) is 15.6 Å². The second-order valence-electron chi connectivity index (χ2n) is 3.99. The van der Waals surface area contributed by atoms with Crippen molar-refractivity contribution in [1.82, 2.24) is 9.78 Å². The quantitative estimate of drug-likeness (QED) is 0.827. The monoisotopic (exact) mass is 265 g/mol. The van der Waals surface area contributed by atoms with E-state index < -0.39 is 23.0 Å². The van der Waals surface area contributed by atoms with Gasteiger partial charge in [-0.3, -0.25) is 0 Å². The Kier molecular flexibility index (Phi) is 3.12. The van der Waals surface area contributed by atoms with Crippen molar-refractivity contribution >= 4 is 11.7 Å². The Labute approximate surface area is 108 Å². The normalized spacial score (nSPS) is 10.5. The molecule has 7 heteroatoms. The number of aryl methyl sites for hydroxylation is 2. The van der Waals surface area contributed by atoms with Gasteiger partial charge >= 0.3 is 5.97 Å². The number of nitrogens with zero attached hydrogens (tertiary/aromatic N) is 2. The number of carboxylic acid groups (broad SMARTS) is 1. The lowest BCUT2D eigenvalue weighted by atomic mass is 10.1. The van der Waals surface area contributed by atoms with E-state index in [0.717, 1.165) is 6.07 Å². The van der Waals surface area contributed by atoms with Gasteiger partial charge in [0.05, 0.1) is 11.4 Å². The van der Waals surface area contributed by atoms with E-state index in [9.17, 15) is 9.18 Å². The number of nitrogens with two attached hydrogens (primary N) is 1. The summed E-state index contributed by atoms with van der Waals surface area (Å²) in [5, 5.41) is 13.1. The van der Waals surface area contributed by atoms with E-state index >= 15 is 0 Å². The van der Waals surface area contributed by atoms with Crippen LogP contribution in [-0.4, -0.2) is 20.9 Å². The van der Waals surface area contributed by atoms with Crippen molar-refractivity contribution in [2.45, 2.75) is 6.92 Å². The molecule has 0 aliphatic rings. The molecule has 0 fully saturated rings. The van der Waals surface area contributed by atoms with E-state index in [1.807, 2.05) is 0 Å². The summed E-state index contributed by atoms with van der Waals surface area (Å²) >= 11 is 0. The van der Waals surface area contributed by atoms with E-state index in [1.165, 1.54) is 10.7 Å². The minimum Gasteiger partial charge on any atom is -0.477 e. The van der Waals surface area contributed by atoms with Crippen molar-refractivity contribution in [1.29, 1.82) is 0 Å². The van der Waals surface area contributed by atoms with Crippen LogP contribution in [-0.2, 0) is 7.05 Å². The molecule has 0 saturated carbocycles. The van der Waals surface area contributed by atoms with Crippen LogP contribution in [0.4, 0.5) is 10.1 Å². The predicted molar refractivity (Wildman–Crippen MR) is 65.8 cm³/mol. The number of hydrogen-bond acceptors (Lipinski definition) is 4. The van der Waals surface area contributed by atoms with Crippen LogP contribution in [0.15, 0.2) is 18.2 Å². The molecule has 19 heavy (non-hydrogen) atoms. The fraction of sp³-hybridized carbons (Fsp3) is 0.167. The molecule has 6 nitrogen and oxygen atoms in total. The van der Waals surface area contributed by atoms with Gasteiger partial charge in [0.2, 0.25) is 5.88 Å². The molecule has 1 heterocycles. The summed E-state index contributed by atoms with van der Waals surface area (Å²) in [7, 11) is 1.65. The molecule has 0 spiro atoms. The van der Waals surface area contributed by atoms with E-state index in [2.05, 4.69) is 5.10 Å². The van der Waals surface area contributed by atoms with Gasteiger partial charge in [-0.25, -0.2) is 13.9 Å². The Morgan fingerprint density at radius 3 is 2.74 bits per heavy atom. The number of benzene rings is 1. The third kappa shape index (κ3) is 2.35. The fourth-order valence-electron chi connectivity index (χ4n) is 1.67. The average molecular weight is 265 g/mol. The smallest absolute Gasteiger partial charge is 0.341 e. The first-order valence-electron chi connectivity index (χ1n) is 5.40. The molecule has 0 aliphatic carbocycles. The molecule has 0 saturated heterocycles. The van der Waals surface area contributed by atoms with E-state index in [1.54, 1.807) is 20.0 Å². The van der Waals surface area contributed by atoms with Crippen molar-refractivity contribution in [3.05, 3.63) is 35.3 Å². The number of aromatic carboxylic acids is 1. The lowest BCUT2D eigenvalue weighted by Gasteiger charge is -2.10. The summed E-state index contributed by atoms with van der Waals surface area (Å²) in [5.41, 5.74) is 5.28. The summed E-state index contributed by atoms with van der Waals surface area (Å²) in [6, 6.07) is 3.91. The Morgan fingerprint density at radius 2 is 2.21 bits per heavy atom. The summed E-state index contributed by atoms with van der Waals surface area (Å²) in [5.74, 6) is -1.85. The first kappa shape index (κ1) is 12.9. The fourth-order valence-corrected chi connectivity index (χ4v) is 1.67. The number of rotatable bonds is 3. The minimum atomic E-state index is -1.36. The highest BCUT2D eigenvalue weighted by Crippen LogP contribution is 2.31. The van der Waals surface area contributed by atoms with Crippen molar-refractivity contribution in [2.24, 2.45) is 7.05 Å². The molecule has 2 rings (SSSR count). The van der Waals surface area contributed by atoms with Crippen molar-refractivity contribution in [3.8, 4) is 11.6 Å². The highest BCUT2D eigenvalue weighted by Gasteiger charge is 2.20. The maximum absolute atomic E-state index is 13.3. The number of hydrogen-bond donors (Lipinski definition) is 2. The maximum Gasteiger partial charge on any atom is 0.341 e. The zero-order chi connectivity index (χ0) is 14.2. The standard InChI is InChI=1S/C12H12FN3O3/c1-6-5-9(16(2)15-6)19-8-4-3-7(13)11(14)10(8)12(17)18/h3-5H,14H2,1-2H3,(H,17,18). The largest absolute Gasteiger partial charge is 0.477 e. The van der Waals surface area contributed by atoms with Crippen LogP contribution in [0.2, 0.25) is 0 Å². The first-order chi connectivity index (χ1) is 8.90. The van der Waals surface area contributed by atoms with E-state index in [-0.39, 0.29) is 5.75 Å². The summed E-state index contributed by atoms with van der Waals surface area (Å²) in [4.78, 5) is 11.1. The summed E-state index contributed by atoms with van der Waals surface area (Å²) < 4.78 is 20.2. The SMILES string of the molecule is Cc1cc(Oc2ccc(F)c(N)c2C(=O)O)n(C)n1. The number of halogens is 1. The van der Waals surface area contributed by atoms with E-state index in [0.29, 0.717) is 11.6 Å². The van der Waals surface area contributed by atoms with Gasteiger partial charge in [0, 0.05) is 13.1 Å². The molecule has 0 bridgehead atoms.